The van der Waals surface area contributed by atoms with Crippen LogP contribution in [-0.2, 0) is 17.9 Å². The van der Waals surface area contributed by atoms with E-state index in [0.29, 0.717) is 5.92 Å². The Morgan fingerprint density at radius 3 is 2.79 bits per heavy atom. The van der Waals surface area contributed by atoms with Gasteiger partial charge in [-0.25, -0.2) is 0 Å². The minimum atomic E-state index is 0.676. The van der Waals surface area contributed by atoms with Crippen molar-refractivity contribution >= 4 is 11.3 Å². The maximum absolute atomic E-state index is 5.84. The van der Waals surface area contributed by atoms with Gasteiger partial charge in [-0.1, -0.05) is 27.2 Å². The molecule has 0 aliphatic carbocycles. The monoisotopic (exact) mass is 283 g/mol. The molecule has 0 spiro atoms. The van der Waals surface area contributed by atoms with E-state index >= 15 is 0 Å². The largest absolute Gasteiger partial charge is 0.376 e. The van der Waals surface area contributed by atoms with Crippen molar-refractivity contribution in [1.29, 1.82) is 0 Å². The molecule has 0 aromatic carbocycles. The Bertz CT molecular complexity index is 349. The molecule has 19 heavy (non-hydrogen) atoms. The molecule has 0 fully saturated rings. The van der Waals surface area contributed by atoms with Crippen LogP contribution in [0.2, 0.25) is 0 Å². The number of ether oxygens (including phenoxy) is 1. The molecule has 0 bridgehead atoms. The van der Waals surface area contributed by atoms with Crippen molar-refractivity contribution < 1.29 is 4.74 Å². The molecule has 2 nitrogen and oxygen atoms in total. The zero-order chi connectivity index (χ0) is 14.1. The second kappa shape index (κ2) is 9.51. The topological polar surface area (TPSA) is 21.3 Å². The van der Waals surface area contributed by atoms with Crippen LogP contribution in [0.25, 0.3) is 0 Å². The van der Waals surface area contributed by atoms with Crippen LogP contribution in [0.1, 0.15) is 55.4 Å². The predicted molar refractivity (Wildman–Crippen MR) is 84.8 cm³/mol. The van der Waals surface area contributed by atoms with Crippen molar-refractivity contribution in [3.63, 3.8) is 0 Å². The zero-order valence-corrected chi connectivity index (χ0v) is 13.7. The highest BCUT2D eigenvalue weighted by molar-refractivity contribution is 7.12. The third-order valence-electron chi connectivity index (χ3n) is 3.24. The molecule has 0 radical (unpaired) electrons. The third-order valence-corrected chi connectivity index (χ3v) is 4.33. The Morgan fingerprint density at radius 1 is 1.32 bits per heavy atom. The molecule has 0 aliphatic heterocycles. The summed E-state index contributed by atoms with van der Waals surface area (Å²) in [6.45, 7) is 12.6. The summed E-state index contributed by atoms with van der Waals surface area (Å²) in [4.78, 5) is 2.82. The number of nitrogens with one attached hydrogen (secondary N) is 1. The van der Waals surface area contributed by atoms with Gasteiger partial charge in [0.05, 0.1) is 6.61 Å². The second-order valence-electron chi connectivity index (χ2n) is 5.38. The average molecular weight is 283 g/mol. The lowest BCUT2D eigenvalue weighted by molar-refractivity contribution is 0.0892. The Hall–Kier alpha value is -0.380. The maximum atomic E-state index is 5.84. The van der Waals surface area contributed by atoms with E-state index in [2.05, 4.69) is 39.1 Å². The number of rotatable bonds is 10. The predicted octanol–water partition coefficient (Wildman–Crippen LogP) is 4.51. The van der Waals surface area contributed by atoms with Crippen LogP contribution in [0.3, 0.4) is 0 Å². The van der Waals surface area contributed by atoms with Crippen molar-refractivity contribution in [1.82, 2.24) is 5.32 Å². The van der Waals surface area contributed by atoms with E-state index in [9.17, 15) is 0 Å². The molecule has 1 aromatic heterocycles. The number of hydrogen-bond acceptors (Lipinski definition) is 3. The molecule has 0 amide bonds. The molecule has 1 rings (SSSR count). The first-order chi connectivity index (χ1) is 9.17. The van der Waals surface area contributed by atoms with Crippen molar-refractivity contribution in [3.8, 4) is 0 Å². The van der Waals surface area contributed by atoms with Crippen LogP contribution in [0.5, 0.6) is 0 Å². The molecule has 1 unspecified atom stereocenters. The first-order valence-electron chi connectivity index (χ1n) is 7.54. The summed E-state index contributed by atoms with van der Waals surface area (Å²) in [5, 5.41) is 3.45. The SMILES string of the molecule is CCCNCc1cc(COCC(C)CCC)c(C)s1. The van der Waals surface area contributed by atoms with Gasteiger partial charge in [0.15, 0.2) is 0 Å². The highest BCUT2D eigenvalue weighted by Gasteiger charge is 2.07. The molecule has 3 heteroatoms. The zero-order valence-electron chi connectivity index (χ0n) is 12.9. The lowest BCUT2D eigenvalue weighted by Crippen LogP contribution is -2.12. The molecule has 0 saturated carbocycles. The molecule has 1 heterocycles. The minimum absolute atomic E-state index is 0.676. The Balaban J connectivity index is 2.33. The quantitative estimate of drug-likeness (QED) is 0.638. The molecule has 110 valence electrons. The van der Waals surface area contributed by atoms with Crippen molar-refractivity contribution in [3.05, 3.63) is 21.4 Å². The van der Waals surface area contributed by atoms with E-state index in [-0.39, 0.29) is 0 Å². The van der Waals surface area contributed by atoms with Crippen molar-refractivity contribution in [2.24, 2.45) is 5.92 Å². The highest BCUT2D eigenvalue weighted by Crippen LogP contribution is 2.22. The van der Waals surface area contributed by atoms with Gasteiger partial charge in [0.2, 0.25) is 0 Å². The van der Waals surface area contributed by atoms with E-state index in [1.54, 1.807) is 0 Å². The van der Waals surface area contributed by atoms with Gasteiger partial charge < -0.3 is 10.1 Å². The smallest absolute Gasteiger partial charge is 0.0727 e. The van der Waals surface area contributed by atoms with Crippen LogP contribution in [-0.4, -0.2) is 13.2 Å². The van der Waals surface area contributed by atoms with E-state index in [1.165, 1.54) is 34.6 Å². The van der Waals surface area contributed by atoms with Gasteiger partial charge in [0, 0.05) is 22.9 Å². The fourth-order valence-electron chi connectivity index (χ4n) is 2.15. The number of thiophene rings is 1. The molecule has 1 N–H and O–H groups in total. The van der Waals surface area contributed by atoms with Gasteiger partial charge in [-0.05, 0) is 43.9 Å². The highest BCUT2D eigenvalue weighted by atomic mass is 32.1. The lowest BCUT2D eigenvalue weighted by atomic mass is 10.1. The van der Waals surface area contributed by atoms with Crippen LogP contribution in [0.15, 0.2) is 6.07 Å². The second-order valence-corrected chi connectivity index (χ2v) is 6.72. The van der Waals surface area contributed by atoms with E-state index < -0.39 is 0 Å². The average Bonchev–Trinajstić information content (AvgIpc) is 2.71. The minimum Gasteiger partial charge on any atom is -0.376 e. The Morgan fingerprint density at radius 2 is 2.11 bits per heavy atom. The Labute approximate surface area is 122 Å². The van der Waals surface area contributed by atoms with Gasteiger partial charge in [0.1, 0.15) is 0 Å². The van der Waals surface area contributed by atoms with Gasteiger partial charge in [-0.15, -0.1) is 11.3 Å². The van der Waals surface area contributed by atoms with Gasteiger partial charge in [-0.3, -0.25) is 0 Å². The first-order valence-corrected chi connectivity index (χ1v) is 8.35. The fourth-order valence-corrected chi connectivity index (χ4v) is 3.17. The lowest BCUT2D eigenvalue weighted by Gasteiger charge is -2.10. The summed E-state index contributed by atoms with van der Waals surface area (Å²) >= 11 is 1.89. The van der Waals surface area contributed by atoms with E-state index in [1.807, 2.05) is 11.3 Å². The normalized spacial score (nSPS) is 12.8. The summed E-state index contributed by atoms with van der Waals surface area (Å²) in [5.41, 5.74) is 1.36. The van der Waals surface area contributed by atoms with Gasteiger partial charge >= 0.3 is 0 Å². The molecule has 1 aromatic rings. The summed E-state index contributed by atoms with van der Waals surface area (Å²) in [5.74, 6) is 0.676. The van der Waals surface area contributed by atoms with Crippen LogP contribution >= 0.6 is 11.3 Å². The summed E-state index contributed by atoms with van der Waals surface area (Å²) < 4.78 is 5.84. The van der Waals surface area contributed by atoms with Gasteiger partial charge in [0.25, 0.3) is 0 Å². The number of hydrogen-bond donors (Lipinski definition) is 1. The van der Waals surface area contributed by atoms with Crippen LogP contribution in [0.4, 0.5) is 0 Å². The van der Waals surface area contributed by atoms with Crippen molar-refractivity contribution in [2.45, 2.75) is 60.1 Å². The van der Waals surface area contributed by atoms with Crippen LogP contribution < -0.4 is 5.32 Å². The van der Waals surface area contributed by atoms with E-state index in [4.69, 9.17) is 4.74 Å². The standard InChI is InChI=1S/C16H29NOS/c1-5-7-13(3)11-18-12-15-9-16(19-14(15)4)10-17-8-6-2/h9,13,17H,5-8,10-12H2,1-4H3. The molecular formula is C16H29NOS. The third kappa shape index (κ3) is 6.55. The van der Waals surface area contributed by atoms with Gasteiger partial charge in [-0.2, -0.15) is 0 Å². The van der Waals surface area contributed by atoms with E-state index in [0.717, 1.165) is 26.3 Å². The van der Waals surface area contributed by atoms with Crippen molar-refractivity contribution in [2.75, 3.05) is 13.2 Å². The summed E-state index contributed by atoms with van der Waals surface area (Å²) in [6, 6.07) is 2.30. The molecular weight excluding hydrogens is 254 g/mol. The molecule has 0 aliphatic rings. The maximum Gasteiger partial charge on any atom is 0.0727 e. The summed E-state index contributed by atoms with van der Waals surface area (Å²) in [7, 11) is 0. The fraction of sp³-hybridized carbons (Fsp3) is 0.750. The molecule has 1 atom stereocenters. The number of aryl methyl sites for hydroxylation is 1. The Kier molecular flexibility index (Phi) is 8.35. The summed E-state index contributed by atoms with van der Waals surface area (Å²) in [6.07, 6.45) is 3.69. The molecule has 0 saturated heterocycles. The van der Waals surface area contributed by atoms with Crippen LogP contribution in [0, 0.1) is 12.8 Å². The first kappa shape index (κ1) is 16.7.